The zero-order chi connectivity index (χ0) is 19.7. The maximum absolute atomic E-state index is 13.8. The second kappa shape index (κ2) is 7.61. The monoisotopic (exact) mass is 400 g/mol. The van der Waals surface area contributed by atoms with Crippen LogP contribution < -0.4 is 10.2 Å². The third kappa shape index (κ3) is 3.78. The Morgan fingerprint density at radius 3 is 2.74 bits per heavy atom. The van der Waals surface area contributed by atoms with Crippen molar-refractivity contribution in [1.82, 2.24) is 15.3 Å². The summed E-state index contributed by atoms with van der Waals surface area (Å²) in [7, 11) is 1.48. The number of aromatic carboxylic acids is 1. The van der Waals surface area contributed by atoms with E-state index in [2.05, 4.69) is 15.3 Å². The third-order valence-electron chi connectivity index (χ3n) is 4.43. The molecule has 1 aliphatic heterocycles. The van der Waals surface area contributed by atoms with Gasteiger partial charge in [-0.3, -0.25) is 4.79 Å². The smallest absolute Gasteiger partial charge is 0.347 e. The molecule has 1 aliphatic rings. The predicted molar refractivity (Wildman–Crippen MR) is 93.4 cm³/mol. The molecule has 3 rings (SSSR count). The highest BCUT2D eigenvalue weighted by atomic mass is 32.1. The number of ether oxygens (including phenoxy) is 1. The van der Waals surface area contributed by atoms with Crippen LogP contribution in [0.3, 0.4) is 0 Å². The van der Waals surface area contributed by atoms with Crippen LogP contribution in [-0.4, -0.2) is 59.3 Å². The van der Waals surface area contributed by atoms with Gasteiger partial charge in [-0.25, -0.2) is 18.6 Å². The number of carboxylic acid groups (broad SMARTS) is 1. The second-order valence-corrected chi connectivity index (χ2v) is 7.16. The molecule has 0 saturated carbocycles. The van der Waals surface area contributed by atoms with Gasteiger partial charge in [0.15, 0.2) is 16.8 Å². The number of anilines is 1. The number of carbonyl (C=O) groups excluding carboxylic acids is 1. The number of amides is 1. The Morgan fingerprint density at radius 1 is 1.44 bits per heavy atom. The fraction of sp³-hybridized carbons (Fsp3) is 0.438. The molecule has 27 heavy (non-hydrogen) atoms. The van der Waals surface area contributed by atoms with Gasteiger partial charge in [0.2, 0.25) is 0 Å². The molecule has 146 valence electrons. The topological polar surface area (TPSA) is 108 Å². The van der Waals surface area contributed by atoms with Crippen LogP contribution in [0.15, 0.2) is 6.20 Å². The van der Waals surface area contributed by atoms with E-state index < -0.39 is 41.4 Å². The molecule has 1 saturated heterocycles. The van der Waals surface area contributed by atoms with Crippen molar-refractivity contribution >= 4 is 28.3 Å². The van der Waals surface area contributed by atoms with Crippen molar-refractivity contribution in [2.75, 3.05) is 25.1 Å². The van der Waals surface area contributed by atoms with Crippen LogP contribution in [0.2, 0.25) is 0 Å². The molecule has 2 unspecified atom stereocenters. The fourth-order valence-electron chi connectivity index (χ4n) is 2.97. The number of piperidine rings is 1. The van der Waals surface area contributed by atoms with Gasteiger partial charge in [0.1, 0.15) is 10.6 Å². The quantitative estimate of drug-likeness (QED) is 0.706. The number of aromatic amines is 1. The molecular weight excluding hydrogens is 382 g/mol. The van der Waals surface area contributed by atoms with Crippen molar-refractivity contribution in [2.24, 2.45) is 0 Å². The molecule has 2 aromatic heterocycles. The average molecular weight is 400 g/mol. The van der Waals surface area contributed by atoms with Crippen LogP contribution in [0, 0.1) is 18.6 Å². The fourth-order valence-corrected chi connectivity index (χ4v) is 3.76. The van der Waals surface area contributed by atoms with Crippen molar-refractivity contribution in [3.05, 3.63) is 34.1 Å². The highest BCUT2D eigenvalue weighted by Crippen LogP contribution is 2.26. The number of nitrogens with one attached hydrogen (secondary N) is 2. The first kappa shape index (κ1) is 19.2. The first-order valence-electron chi connectivity index (χ1n) is 8.13. The van der Waals surface area contributed by atoms with Crippen LogP contribution in [0.4, 0.5) is 13.9 Å². The standard InChI is InChI=1S/C16H18F2N4O4S/c1-7-11(17)12(18)13(20-7)14(23)21-8-3-4-22(6-9(8)26-2)16-19-5-10(27-16)15(24)25/h5,8-9,20H,3-4,6H2,1-2H3,(H,21,23)(H,24,25). The number of halogens is 2. The number of hydrogen-bond donors (Lipinski definition) is 3. The summed E-state index contributed by atoms with van der Waals surface area (Å²) in [6, 6.07) is -0.413. The molecule has 0 spiro atoms. The normalized spacial score (nSPS) is 19.9. The van der Waals surface area contributed by atoms with E-state index in [9.17, 15) is 18.4 Å². The van der Waals surface area contributed by atoms with E-state index in [0.717, 1.165) is 11.3 Å². The molecule has 1 fully saturated rings. The molecule has 2 atom stereocenters. The SMILES string of the molecule is COC1CN(c2ncc(C(=O)O)s2)CCC1NC(=O)c1[nH]c(C)c(F)c1F. The number of aromatic nitrogens is 2. The number of methoxy groups -OCH3 is 1. The summed E-state index contributed by atoms with van der Waals surface area (Å²) >= 11 is 1.05. The number of carbonyl (C=O) groups is 2. The highest BCUT2D eigenvalue weighted by Gasteiger charge is 2.33. The minimum absolute atomic E-state index is 0.0474. The van der Waals surface area contributed by atoms with Gasteiger partial charge in [0, 0.05) is 20.2 Å². The number of carboxylic acids is 1. The molecule has 11 heteroatoms. The predicted octanol–water partition coefficient (Wildman–Crippen LogP) is 1.78. The minimum atomic E-state index is -1.21. The van der Waals surface area contributed by atoms with Crippen LogP contribution in [0.25, 0.3) is 0 Å². The van der Waals surface area contributed by atoms with Gasteiger partial charge in [-0.1, -0.05) is 11.3 Å². The molecule has 3 N–H and O–H groups in total. The summed E-state index contributed by atoms with van der Waals surface area (Å²) in [4.78, 5) is 31.8. The summed E-state index contributed by atoms with van der Waals surface area (Å²) in [5.41, 5.74) is -0.498. The number of hydrogen-bond acceptors (Lipinski definition) is 6. The number of aryl methyl sites for hydroxylation is 1. The Balaban J connectivity index is 1.68. The van der Waals surface area contributed by atoms with E-state index in [1.54, 1.807) is 0 Å². The van der Waals surface area contributed by atoms with Crippen molar-refractivity contribution in [1.29, 1.82) is 0 Å². The Labute approximate surface area is 157 Å². The summed E-state index contributed by atoms with van der Waals surface area (Å²) in [6.45, 7) is 2.21. The number of thiazole rings is 1. The zero-order valence-corrected chi connectivity index (χ0v) is 15.4. The molecule has 3 heterocycles. The van der Waals surface area contributed by atoms with Crippen molar-refractivity contribution in [3.63, 3.8) is 0 Å². The van der Waals surface area contributed by atoms with Crippen LogP contribution in [0.5, 0.6) is 0 Å². The molecule has 0 bridgehead atoms. The Morgan fingerprint density at radius 2 is 2.19 bits per heavy atom. The van der Waals surface area contributed by atoms with E-state index in [1.165, 1.54) is 20.2 Å². The summed E-state index contributed by atoms with van der Waals surface area (Å²) < 4.78 is 32.7. The summed E-state index contributed by atoms with van der Waals surface area (Å²) in [5.74, 6) is -4.07. The Kier molecular flexibility index (Phi) is 5.42. The first-order valence-corrected chi connectivity index (χ1v) is 8.94. The first-order chi connectivity index (χ1) is 12.8. The Bertz CT molecular complexity index is 869. The summed E-state index contributed by atoms with van der Waals surface area (Å²) in [5, 5.41) is 12.2. The lowest BCUT2D eigenvalue weighted by Gasteiger charge is -2.37. The minimum Gasteiger partial charge on any atom is -0.477 e. The van der Waals surface area contributed by atoms with E-state index in [4.69, 9.17) is 9.84 Å². The lowest BCUT2D eigenvalue weighted by atomic mass is 10.0. The average Bonchev–Trinajstić information content (AvgIpc) is 3.23. The zero-order valence-electron chi connectivity index (χ0n) is 14.6. The number of H-pyrrole nitrogens is 1. The molecule has 0 aromatic carbocycles. The van der Waals surface area contributed by atoms with E-state index in [-0.39, 0.29) is 10.6 Å². The van der Waals surface area contributed by atoms with Gasteiger partial charge in [-0.15, -0.1) is 0 Å². The summed E-state index contributed by atoms with van der Waals surface area (Å²) in [6.07, 6.45) is 1.34. The largest absolute Gasteiger partial charge is 0.477 e. The van der Waals surface area contributed by atoms with Crippen LogP contribution >= 0.6 is 11.3 Å². The van der Waals surface area contributed by atoms with Gasteiger partial charge in [0.25, 0.3) is 5.91 Å². The Hall–Kier alpha value is -2.53. The van der Waals surface area contributed by atoms with Crippen LogP contribution in [0.1, 0.15) is 32.3 Å². The van der Waals surface area contributed by atoms with Crippen molar-refractivity contribution in [3.8, 4) is 0 Å². The lowest BCUT2D eigenvalue weighted by molar-refractivity contribution is 0.0538. The molecule has 0 aliphatic carbocycles. The van der Waals surface area contributed by atoms with E-state index >= 15 is 0 Å². The molecule has 1 amide bonds. The second-order valence-electron chi connectivity index (χ2n) is 6.15. The van der Waals surface area contributed by atoms with Gasteiger partial charge in [0.05, 0.1) is 24.0 Å². The molecule has 2 aromatic rings. The highest BCUT2D eigenvalue weighted by molar-refractivity contribution is 7.17. The number of nitrogens with zero attached hydrogens (tertiary/aromatic N) is 2. The van der Waals surface area contributed by atoms with Crippen molar-refractivity contribution in [2.45, 2.75) is 25.5 Å². The van der Waals surface area contributed by atoms with Gasteiger partial charge in [-0.2, -0.15) is 0 Å². The van der Waals surface area contributed by atoms with Crippen LogP contribution in [-0.2, 0) is 4.74 Å². The van der Waals surface area contributed by atoms with Crippen molar-refractivity contribution < 1.29 is 28.2 Å². The van der Waals surface area contributed by atoms with Gasteiger partial charge >= 0.3 is 5.97 Å². The number of rotatable bonds is 5. The third-order valence-corrected chi connectivity index (χ3v) is 5.48. The van der Waals surface area contributed by atoms with E-state index in [1.807, 2.05) is 4.90 Å². The van der Waals surface area contributed by atoms with E-state index in [0.29, 0.717) is 24.6 Å². The maximum atomic E-state index is 13.8. The molecular formula is C16H18F2N4O4S. The maximum Gasteiger partial charge on any atom is 0.347 e. The van der Waals surface area contributed by atoms with Gasteiger partial charge < -0.3 is 25.0 Å². The molecule has 8 nitrogen and oxygen atoms in total. The lowest BCUT2D eigenvalue weighted by Crippen LogP contribution is -2.55. The molecule has 0 radical (unpaired) electrons. The van der Waals surface area contributed by atoms with Gasteiger partial charge in [-0.05, 0) is 13.3 Å².